The summed E-state index contributed by atoms with van der Waals surface area (Å²) in [6.07, 6.45) is 37.3. The zero-order valence-corrected chi connectivity index (χ0v) is 97.3. The third-order valence-electron chi connectivity index (χ3n) is 22.1. The molecule has 2 atom stereocenters. The monoisotopic (exact) mass is 2050 g/mol. The second-order valence-electron chi connectivity index (χ2n) is 37.3. The number of pyridine rings is 8. The lowest BCUT2D eigenvalue weighted by atomic mass is 10.0. The van der Waals surface area contributed by atoms with Gasteiger partial charge in [0.05, 0.1) is 47.0 Å². The third kappa shape index (κ3) is 65.5. The van der Waals surface area contributed by atoms with Crippen LogP contribution in [0.4, 0.5) is 0 Å². The molecular formula is C121H171N21O6S. The SMILES string of the molecule is C[C@@H]1CCC(=O)N(C)C1.C[C@H]1CCCN1C.Cc1cc(C)on1.Cc1ccc(=O)n(C)c1.Cc1ccc(=O)n(C)c1.Cc1ccc(C)nc1.Cc1cccc(C)c1.Cc1ccccc1C.Cc1cccnc1C.Cc1ccn(C)c(=O)c1.Cc1ccnc(C)c1.Cc1ccncc1C.Cc1cnc(C)nc1.Cc1cncc(C)c1.Cc1cnn(C)c1.Cc1cnn(C)c1.Cc1nc[nH]c1C.Cc1ncoc1C.Cc1ncsc1C. The number of thiazole rings is 1. The summed E-state index contributed by atoms with van der Waals surface area (Å²) in [6.45, 7) is 64.9. The highest BCUT2D eigenvalue weighted by Gasteiger charge is 2.19. The van der Waals surface area contributed by atoms with Crippen LogP contribution in [0.3, 0.4) is 0 Å². The van der Waals surface area contributed by atoms with E-state index in [1.165, 1.54) is 103 Å². The highest BCUT2D eigenvalue weighted by molar-refractivity contribution is 7.09. The number of aromatic amines is 1. The molecule has 0 aliphatic carbocycles. The molecule has 2 aliphatic rings. The number of imidazole rings is 1. The molecular weight excluding hydrogens is 1880 g/mol. The third-order valence-corrected chi connectivity index (χ3v) is 23.0. The Morgan fingerprint density at radius 3 is 1.17 bits per heavy atom. The van der Waals surface area contributed by atoms with Gasteiger partial charge in [-0.15, -0.1) is 11.3 Å². The summed E-state index contributed by atoms with van der Waals surface area (Å²) >= 11 is 1.69. The van der Waals surface area contributed by atoms with Crippen LogP contribution in [0.2, 0.25) is 0 Å². The quantitative estimate of drug-likeness (QED) is 0.147. The van der Waals surface area contributed by atoms with Crippen molar-refractivity contribution in [2.45, 2.75) is 246 Å². The number of likely N-dealkylation sites (tertiary alicyclic amines) is 2. The van der Waals surface area contributed by atoms with E-state index in [-0.39, 0.29) is 16.7 Å². The molecule has 802 valence electrons. The fraction of sp³-hybridized carbons (Fsp3) is 0.380. The number of carbonyl (C=O) groups is 1. The van der Waals surface area contributed by atoms with Crippen LogP contribution in [0.25, 0.3) is 0 Å². The van der Waals surface area contributed by atoms with Gasteiger partial charge in [-0.3, -0.25) is 53.5 Å². The molecule has 17 heterocycles. The predicted molar refractivity (Wildman–Crippen MR) is 616 cm³/mol. The second kappa shape index (κ2) is 75.0. The average molecular weight is 2050 g/mol. The molecule has 0 saturated carbocycles. The Labute approximate surface area is 893 Å². The molecule has 0 spiro atoms. The van der Waals surface area contributed by atoms with Crippen LogP contribution in [0.1, 0.15) is 202 Å². The molecule has 19 rings (SSSR count). The van der Waals surface area contributed by atoms with Crippen molar-refractivity contribution in [3.8, 4) is 0 Å². The Hall–Kier alpha value is -14.8. The number of aryl methyl sites for hydroxylation is 34. The molecule has 2 aromatic carbocycles. The van der Waals surface area contributed by atoms with Crippen LogP contribution in [-0.2, 0) is 40.0 Å². The number of hydrogen-bond donors (Lipinski definition) is 1. The Kier molecular flexibility index (Phi) is 66.6. The van der Waals surface area contributed by atoms with Gasteiger partial charge in [0, 0.05) is 200 Å². The first-order valence-corrected chi connectivity index (χ1v) is 50.7. The van der Waals surface area contributed by atoms with Crippen LogP contribution in [-0.4, -0.2) is 142 Å². The van der Waals surface area contributed by atoms with E-state index in [1.54, 1.807) is 86.3 Å². The minimum Gasteiger partial charge on any atom is -0.449 e. The number of nitrogens with zero attached hydrogens (tertiary/aromatic N) is 20. The largest absolute Gasteiger partial charge is 0.449 e. The Balaban J connectivity index is 0.000000787. The molecule has 149 heavy (non-hydrogen) atoms. The van der Waals surface area contributed by atoms with Gasteiger partial charge in [-0.2, -0.15) is 10.2 Å². The van der Waals surface area contributed by atoms with Crippen LogP contribution >= 0.6 is 11.3 Å². The lowest BCUT2D eigenvalue weighted by molar-refractivity contribution is -0.133. The fourth-order valence-electron chi connectivity index (χ4n) is 12.1. The van der Waals surface area contributed by atoms with Crippen molar-refractivity contribution in [1.82, 2.24) is 103 Å². The first kappa shape index (κ1) is 132. The van der Waals surface area contributed by atoms with E-state index < -0.39 is 0 Å². The van der Waals surface area contributed by atoms with E-state index in [0.717, 1.165) is 111 Å². The smallest absolute Gasteiger partial charge is 0.250 e. The van der Waals surface area contributed by atoms with Crippen molar-refractivity contribution in [3.05, 3.63) is 450 Å². The van der Waals surface area contributed by atoms with Gasteiger partial charge in [0.2, 0.25) is 17.0 Å². The number of rotatable bonds is 0. The number of hydrogen-bond acceptors (Lipinski definition) is 21. The van der Waals surface area contributed by atoms with E-state index >= 15 is 0 Å². The maximum atomic E-state index is 10.9. The number of nitrogens with one attached hydrogen (secondary N) is 1. The average Bonchev–Trinajstić information content (AvgIpc) is 1.77. The van der Waals surface area contributed by atoms with E-state index in [0.29, 0.717) is 11.8 Å². The summed E-state index contributed by atoms with van der Waals surface area (Å²) in [5.74, 6) is 3.61. The van der Waals surface area contributed by atoms with Crippen molar-refractivity contribution in [3.63, 3.8) is 0 Å². The molecule has 27 nitrogen and oxygen atoms in total. The molecule has 2 saturated heterocycles. The summed E-state index contributed by atoms with van der Waals surface area (Å²) in [5.41, 5.74) is 31.5. The number of oxazole rings is 1. The zero-order valence-electron chi connectivity index (χ0n) is 96.4. The summed E-state index contributed by atoms with van der Waals surface area (Å²) < 4.78 is 17.8. The Morgan fingerprint density at radius 2 is 0.906 bits per heavy atom. The van der Waals surface area contributed by atoms with Crippen LogP contribution in [0.15, 0.2) is 280 Å². The molecule has 1 amide bonds. The lowest BCUT2D eigenvalue weighted by Gasteiger charge is -2.26. The van der Waals surface area contributed by atoms with Gasteiger partial charge >= 0.3 is 0 Å². The zero-order chi connectivity index (χ0) is 112. The molecule has 2 fully saturated rings. The molecule has 28 heteroatoms. The van der Waals surface area contributed by atoms with Gasteiger partial charge < -0.3 is 37.4 Å². The Bertz CT molecular complexity index is 5940. The maximum absolute atomic E-state index is 10.9. The minimum absolute atomic E-state index is 0.0422. The second-order valence-corrected chi connectivity index (χ2v) is 38.4. The molecule has 0 radical (unpaired) electrons. The first-order chi connectivity index (χ1) is 70.2. The maximum Gasteiger partial charge on any atom is 0.250 e. The van der Waals surface area contributed by atoms with Gasteiger partial charge in [-0.25, -0.2) is 24.9 Å². The van der Waals surface area contributed by atoms with E-state index in [2.05, 4.69) is 231 Å². The first-order valence-electron chi connectivity index (χ1n) is 49.8. The van der Waals surface area contributed by atoms with Gasteiger partial charge in [0.1, 0.15) is 17.3 Å². The molecule has 0 unspecified atom stereocenters. The molecule has 15 aromatic heterocycles. The van der Waals surface area contributed by atoms with Gasteiger partial charge in [-0.1, -0.05) is 102 Å². The van der Waals surface area contributed by atoms with Gasteiger partial charge in [0.15, 0.2) is 6.39 Å². The summed E-state index contributed by atoms with van der Waals surface area (Å²) in [7, 11) is 13.1. The summed E-state index contributed by atoms with van der Waals surface area (Å²) in [5, 5.41) is 11.5. The van der Waals surface area contributed by atoms with E-state index in [1.807, 2.05) is 312 Å². The summed E-state index contributed by atoms with van der Waals surface area (Å²) in [4.78, 5) is 91.5. The van der Waals surface area contributed by atoms with Crippen molar-refractivity contribution in [2.75, 3.05) is 27.2 Å². The number of amides is 1. The van der Waals surface area contributed by atoms with Crippen LogP contribution < -0.4 is 16.7 Å². The molecule has 17 aromatic rings. The highest BCUT2D eigenvalue weighted by Crippen LogP contribution is 2.16. The molecule has 2 aliphatic heterocycles. The van der Waals surface area contributed by atoms with Crippen molar-refractivity contribution in [1.29, 1.82) is 0 Å². The van der Waals surface area contributed by atoms with Crippen molar-refractivity contribution >= 4 is 17.2 Å². The number of carbonyl (C=O) groups excluding carboxylic acids is 1. The summed E-state index contributed by atoms with van der Waals surface area (Å²) in [6, 6.07) is 46.0. The molecule has 0 bridgehead atoms. The number of benzene rings is 2. The lowest BCUT2D eigenvalue weighted by Crippen LogP contribution is -2.35. The fourth-order valence-corrected chi connectivity index (χ4v) is 12.7. The van der Waals surface area contributed by atoms with E-state index in [4.69, 9.17) is 8.94 Å². The van der Waals surface area contributed by atoms with E-state index in [9.17, 15) is 19.2 Å². The standard InChI is InChI=1S/2C8H10.C7H9NO.C7H13NO.2C7H9NO.5C7H9N.C6H8N2.C6H13N.3C5H8N2.2C5H7NO.C5H7NS/c1-7-4-3-5-8(2)6-7;1-7-5-3-4-6-8(7)2;1-6-3-4-8(2)7(9)5-6;3*1-6-3-4-7(9)8(2)5-6;1-6-3-7(2)5-8-4-6;1-6-3-4-8-5-7(6)2;1-6-3-4-8-7(2)5-6;1-6-3-4-7(2)8-5-6;1-6-4-3-5-8-7(6)2;1-5-3-7-6(2)8-4-5;1-6-4-3-5-7(6)2;2*1-5-3-6-7(2)4-5;2*1-4-5(2)7-3-6-4;1-4-3-5(2)7-6-4;1-4-5(2)7-3-6-4/h2*3-6H,1-2H3;3-5H,1-2H3;6H,3-5H2,1-2H3;2*3-5H,1-2H3;5*3-5H,1-2H3;3-4H,1-2H3;6H,3-5H2,1-2H3;2*3-4H,1-2H3;3H,1-2H3,(H,6,7);3*3H,1-2H3/t;;;6-;;;;;;;;;6-;;;;;;/m...1........0....../s1. The number of H-pyrrole nitrogens is 1. The van der Waals surface area contributed by atoms with Crippen LogP contribution in [0.5, 0.6) is 0 Å². The van der Waals surface area contributed by atoms with Gasteiger partial charge in [-0.05, 0) is 366 Å². The number of piperidine rings is 1. The topological polar surface area (TPSA) is 309 Å². The number of aromatic nitrogens is 19. The van der Waals surface area contributed by atoms with Gasteiger partial charge in [0.25, 0.3) is 5.56 Å². The molecule has 1 N–H and O–H groups in total. The van der Waals surface area contributed by atoms with Crippen molar-refractivity contribution in [2.24, 2.45) is 41.2 Å². The van der Waals surface area contributed by atoms with Crippen molar-refractivity contribution < 1.29 is 13.7 Å². The van der Waals surface area contributed by atoms with Crippen LogP contribution in [0, 0.1) is 207 Å². The Morgan fingerprint density at radius 1 is 0.369 bits per heavy atom. The highest BCUT2D eigenvalue weighted by atomic mass is 32.1. The normalized spacial score (nSPS) is 11.7. The minimum atomic E-state index is 0.0422. The predicted octanol–water partition coefficient (Wildman–Crippen LogP) is 25.1.